The molecule has 5 aromatic rings. The van der Waals surface area contributed by atoms with Gasteiger partial charge in [-0.3, -0.25) is 14.6 Å². The lowest BCUT2D eigenvalue weighted by Crippen LogP contribution is -2.36. The molecule has 4 aliphatic rings. The molecular weight excluding hydrogens is 569 g/mol. The molecule has 10 heteroatoms. The predicted octanol–water partition coefficient (Wildman–Crippen LogP) is 5.85. The molecule has 1 amide bonds. The van der Waals surface area contributed by atoms with Crippen molar-refractivity contribution in [1.29, 1.82) is 5.26 Å². The van der Waals surface area contributed by atoms with Crippen molar-refractivity contribution in [1.82, 2.24) is 24.6 Å². The van der Waals surface area contributed by atoms with Gasteiger partial charge in [0.05, 0.1) is 35.6 Å². The predicted molar refractivity (Wildman–Crippen MR) is 165 cm³/mol. The summed E-state index contributed by atoms with van der Waals surface area (Å²) in [7, 11) is 1.86. The topological polar surface area (TPSA) is 100 Å². The van der Waals surface area contributed by atoms with Crippen molar-refractivity contribution in [2.75, 3.05) is 18.1 Å². The largest absolute Gasteiger partial charge is 0.375 e. The summed E-state index contributed by atoms with van der Waals surface area (Å²) in [6.07, 6.45) is 4.97. The highest BCUT2D eigenvalue weighted by Crippen LogP contribution is 2.47. The monoisotopic (exact) mass is 597 g/mol. The van der Waals surface area contributed by atoms with Crippen LogP contribution < -0.4 is 4.90 Å². The average Bonchev–Trinajstić information content (AvgIpc) is 3.32. The van der Waals surface area contributed by atoms with Crippen molar-refractivity contribution in [3.63, 3.8) is 0 Å². The Balaban J connectivity index is 1.17. The van der Waals surface area contributed by atoms with Crippen LogP contribution in [0, 0.1) is 17.1 Å². The molecule has 0 radical (unpaired) electrons. The van der Waals surface area contributed by atoms with Crippen LogP contribution in [0.2, 0.25) is 0 Å². The van der Waals surface area contributed by atoms with E-state index in [4.69, 9.17) is 9.72 Å². The number of aryl methyl sites for hydroxylation is 1. The Morgan fingerprint density at radius 1 is 1.07 bits per heavy atom. The van der Waals surface area contributed by atoms with Crippen LogP contribution in [0.1, 0.15) is 52.4 Å². The van der Waals surface area contributed by atoms with Gasteiger partial charge < -0.3 is 9.30 Å². The van der Waals surface area contributed by atoms with Crippen molar-refractivity contribution in [2.24, 2.45) is 7.05 Å². The molecule has 5 heterocycles. The molecule has 1 aliphatic carbocycles. The van der Waals surface area contributed by atoms with E-state index in [2.05, 4.69) is 27.2 Å². The molecule has 3 fully saturated rings. The zero-order valence-corrected chi connectivity index (χ0v) is 24.6. The summed E-state index contributed by atoms with van der Waals surface area (Å²) in [5.74, 6) is 0.869. The molecule has 3 aliphatic heterocycles. The molecule has 2 aromatic heterocycles. The fourth-order valence-corrected chi connectivity index (χ4v) is 7.27. The first kappa shape index (κ1) is 26.4. The molecule has 9 rings (SSSR count). The number of carbonyl (C=O) groups excluding carboxylic acids is 1. The van der Waals surface area contributed by atoms with E-state index in [1.165, 1.54) is 6.07 Å². The van der Waals surface area contributed by atoms with Crippen molar-refractivity contribution >= 4 is 28.2 Å². The molecule has 0 N–H and O–H groups in total. The van der Waals surface area contributed by atoms with Gasteiger partial charge in [0.1, 0.15) is 18.0 Å². The minimum atomic E-state index is -0.343. The summed E-state index contributed by atoms with van der Waals surface area (Å²) < 4.78 is 23.0. The van der Waals surface area contributed by atoms with E-state index >= 15 is 4.39 Å². The molecule has 2 atom stereocenters. The normalized spacial score (nSPS) is 20.5. The summed E-state index contributed by atoms with van der Waals surface area (Å²) in [5.41, 5.74) is 5.94. The maximum absolute atomic E-state index is 15.4. The molecule has 45 heavy (non-hydrogen) atoms. The van der Waals surface area contributed by atoms with Crippen molar-refractivity contribution in [3.8, 4) is 28.6 Å². The number of hydrogen-bond acceptors (Lipinski definition) is 7. The highest BCUT2D eigenvalue weighted by Gasteiger charge is 2.40. The lowest BCUT2D eigenvalue weighted by Gasteiger charge is -2.26. The zero-order chi connectivity index (χ0) is 30.4. The molecule has 0 unspecified atom stereocenters. The van der Waals surface area contributed by atoms with Crippen LogP contribution in [-0.4, -0.2) is 55.9 Å². The number of fused-ring (bicyclic) bond motifs is 2. The van der Waals surface area contributed by atoms with Gasteiger partial charge in [-0.15, -0.1) is 10.2 Å². The molecule has 222 valence electrons. The lowest BCUT2D eigenvalue weighted by molar-refractivity contribution is 0.0273. The summed E-state index contributed by atoms with van der Waals surface area (Å²) >= 11 is 0. The van der Waals surface area contributed by atoms with Gasteiger partial charge in [-0.25, -0.2) is 9.37 Å². The second-order valence-electron chi connectivity index (χ2n) is 12.6. The number of anilines is 2. The van der Waals surface area contributed by atoms with Crippen LogP contribution in [0.5, 0.6) is 0 Å². The minimum absolute atomic E-state index is 0.214. The molecular formula is C35H28FN7O2. The Morgan fingerprint density at radius 2 is 1.96 bits per heavy atom. The van der Waals surface area contributed by atoms with E-state index in [0.717, 1.165) is 60.4 Å². The average molecular weight is 598 g/mol. The molecule has 0 spiro atoms. The Morgan fingerprint density at radius 3 is 2.69 bits per heavy atom. The Hall–Kier alpha value is -4.98. The first-order valence-corrected chi connectivity index (χ1v) is 15.3. The third kappa shape index (κ3) is 4.19. The highest BCUT2D eigenvalue weighted by molar-refractivity contribution is 6.27. The number of hydrogen-bond donors (Lipinski definition) is 0. The number of ether oxygens (including phenoxy) is 1. The van der Waals surface area contributed by atoms with E-state index in [0.29, 0.717) is 57.7 Å². The second kappa shape index (κ2) is 9.76. The van der Waals surface area contributed by atoms with Crippen molar-refractivity contribution < 1.29 is 13.9 Å². The fourth-order valence-electron chi connectivity index (χ4n) is 7.27. The SMILES string of the molecule is Cn1cnnc1-c1cc(C#N)ccc1-c1cc(C2CC2)nc(N2C(=O)c3cc(CN4C[C@H]5C[C@@H]4CO5)cc4c(F)ccc2c34)c1. The van der Waals surface area contributed by atoms with Gasteiger partial charge in [0.15, 0.2) is 5.82 Å². The third-order valence-corrected chi connectivity index (χ3v) is 9.64. The fraction of sp³-hybridized carbons (Fsp3) is 0.286. The number of morpholine rings is 1. The first-order valence-electron chi connectivity index (χ1n) is 15.3. The highest BCUT2D eigenvalue weighted by atomic mass is 19.1. The van der Waals surface area contributed by atoms with Gasteiger partial charge in [0.2, 0.25) is 0 Å². The number of benzene rings is 3. The summed E-state index contributed by atoms with van der Waals surface area (Å²) in [6, 6.07) is 19.0. The van der Waals surface area contributed by atoms with Crippen molar-refractivity contribution in [3.05, 3.63) is 89.1 Å². The Kier molecular flexibility index (Phi) is 5.73. The van der Waals surface area contributed by atoms with Gasteiger partial charge in [-0.2, -0.15) is 5.26 Å². The van der Waals surface area contributed by atoms with Crippen molar-refractivity contribution in [2.45, 2.75) is 43.9 Å². The maximum atomic E-state index is 15.4. The van der Waals surface area contributed by atoms with E-state index in [-0.39, 0.29) is 17.8 Å². The number of nitriles is 1. The molecule has 2 bridgehead atoms. The second-order valence-corrected chi connectivity index (χ2v) is 12.6. The zero-order valence-electron chi connectivity index (χ0n) is 24.6. The number of halogens is 1. The standard InChI is InChI=1S/C35H28FN7O2/c1-41-18-38-40-34(41)26-8-19(14-37)2-5-25(26)22-11-30(21-3-4-21)39-32(12-22)43-31-7-6-29(36)27-9-20(10-28(33(27)31)35(43)44)15-42-16-24-13-23(42)17-45-24/h2,5-12,18,21,23-24H,3-4,13,15-17H2,1H3/t23-,24-/m1/s1. The maximum Gasteiger partial charge on any atom is 0.264 e. The van der Waals surface area contributed by atoms with Gasteiger partial charge in [-0.05, 0) is 84.5 Å². The molecule has 2 saturated heterocycles. The van der Waals surface area contributed by atoms with Gasteiger partial charge >= 0.3 is 0 Å². The van der Waals surface area contributed by atoms with Gasteiger partial charge in [0, 0.05) is 54.1 Å². The van der Waals surface area contributed by atoms with E-state index in [1.54, 1.807) is 23.4 Å². The van der Waals surface area contributed by atoms with E-state index in [1.807, 2.05) is 41.9 Å². The number of pyridine rings is 1. The third-order valence-electron chi connectivity index (χ3n) is 9.64. The van der Waals surface area contributed by atoms with E-state index < -0.39 is 0 Å². The van der Waals surface area contributed by atoms with Crippen LogP contribution >= 0.6 is 0 Å². The van der Waals surface area contributed by atoms with Crippen LogP contribution in [0.4, 0.5) is 15.9 Å². The minimum Gasteiger partial charge on any atom is -0.375 e. The van der Waals surface area contributed by atoms with Gasteiger partial charge in [-0.1, -0.05) is 6.07 Å². The Labute approximate surface area is 258 Å². The first-order chi connectivity index (χ1) is 21.9. The van der Waals surface area contributed by atoms with Crippen LogP contribution in [0.25, 0.3) is 33.3 Å². The molecule has 9 nitrogen and oxygen atoms in total. The summed E-state index contributed by atoms with van der Waals surface area (Å²) in [6.45, 7) is 2.22. The number of carbonyl (C=O) groups is 1. The quantitative estimate of drug-likeness (QED) is 0.242. The summed E-state index contributed by atoms with van der Waals surface area (Å²) in [4.78, 5) is 23.3. The van der Waals surface area contributed by atoms with Gasteiger partial charge in [0.25, 0.3) is 5.91 Å². The number of rotatable bonds is 6. The molecule has 3 aromatic carbocycles. The lowest BCUT2D eigenvalue weighted by atomic mass is 9.96. The van der Waals surface area contributed by atoms with Crippen LogP contribution in [0.3, 0.4) is 0 Å². The van der Waals surface area contributed by atoms with Crippen LogP contribution in [0.15, 0.2) is 60.9 Å². The number of likely N-dealkylation sites (tertiary alicyclic amines) is 1. The number of nitrogens with zero attached hydrogens (tertiary/aromatic N) is 7. The number of aromatic nitrogens is 4. The van der Waals surface area contributed by atoms with Crippen LogP contribution in [-0.2, 0) is 18.3 Å². The van der Waals surface area contributed by atoms with E-state index in [9.17, 15) is 10.1 Å². The summed E-state index contributed by atoms with van der Waals surface area (Å²) in [5, 5.41) is 19.1. The Bertz CT molecular complexity index is 2110. The molecule has 1 saturated carbocycles. The number of amides is 1. The smallest absolute Gasteiger partial charge is 0.264 e.